The van der Waals surface area contributed by atoms with Gasteiger partial charge >= 0.3 is 0 Å². The Morgan fingerprint density at radius 2 is 1.91 bits per heavy atom. The number of carbonyl (C=O) groups is 1. The zero-order chi connectivity index (χ0) is 22.2. The molecule has 4 rings (SSSR count). The summed E-state index contributed by atoms with van der Waals surface area (Å²) < 4.78 is 7.14. The first-order chi connectivity index (χ1) is 15.7. The molecule has 0 saturated carbocycles. The number of nitrogens with one attached hydrogen (secondary N) is 1. The molecule has 2 aromatic carbocycles. The van der Waals surface area contributed by atoms with Crippen molar-refractivity contribution in [1.82, 2.24) is 20.2 Å². The third kappa shape index (κ3) is 5.41. The van der Waals surface area contributed by atoms with Crippen molar-refractivity contribution in [1.29, 1.82) is 0 Å². The molecule has 0 aliphatic heterocycles. The predicted octanol–water partition coefficient (Wildman–Crippen LogP) is 4.74. The van der Waals surface area contributed by atoms with Gasteiger partial charge in [-0.3, -0.25) is 9.36 Å². The summed E-state index contributed by atoms with van der Waals surface area (Å²) in [6.45, 7) is 2.04. The average Bonchev–Trinajstić information content (AvgIpc) is 3.48. The Balaban J connectivity index is 1.45. The van der Waals surface area contributed by atoms with E-state index in [9.17, 15) is 4.79 Å². The molecule has 7 nitrogen and oxygen atoms in total. The number of para-hydroxylation sites is 1. The molecule has 1 amide bonds. The Kier molecular flexibility index (Phi) is 6.94. The van der Waals surface area contributed by atoms with Gasteiger partial charge in [0, 0.05) is 17.5 Å². The number of amides is 1. The van der Waals surface area contributed by atoms with Crippen molar-refractivity contribution in [2.24, 2.45) is 5.10 Å². The van der Waals surface area contributed by atoms with Gasteiger partial charge in [0.2, 0.25) is 0 Å². The van der Waals surface area contributed by atoms with Gasteiger partial charge in [0.1, 0.15) is 5.76 Å². The van der Waals surface area contributed by atoms with Crippen LogP contribution in [0.15, 0.2) is 93.7 Å². The zero-order valence-corrected chi connectivity index (χ0v) is 18.2. The molecule has 160 valence electrons. The number of rotatable bonds is 8. The van der Waals surface area contributed by atoms with Crippen LogP contribution in [0.4, 0.5) is 0 Å². The van der Waals surface area contributed by atoms with Gasteiger partial charge in [-0.15, -0.1) is 10.2 Å². The second kappa shape index (κ2) is 10.4. The van der Waals surface area contributed by atoms with Gasteiger partial charge in [0.25, 0.3) is 5.91 Å². The first kappa shape index (κ1) is 21.3. The number of nitrogens with zero attached hydrogens (tertiary/aromatic N) is 4. The number of aromatic nitrogens is 3. The van der Waals surface area contributed by atoms with Crippen LogP contribution < -0.4 is 5.43 Å². The second-order valence-electron chi connectivity index (χ2n) is 6.82. The van der Waals surface area contributed by atoms with Crippen LogP contribution in [0.1, 0.15) is 11.3 Å². The number of furan rings is 1. The van der Waals surface area contributed by atoms with Gasteiger partial charge in [-0.25, -0.2) is 5.43 Å². The minimum absolute atomic E-state index is 0.151. The first-order valence-electron chi connectivity index (χ1n) is 9.93. The highest BCUT2D eigenvalue weighted by molar-refractivity contribution is 7.99. The molecule has 0 radical (unpaired) electrons. The zero-order valence-electron chi connectivity index (χ0n) is 17.4. The largest absolute Gasteiger partial charge is 0.465 e. The predicted molar refractivity (Wildman–Crippen MR) is 127 cm³/mol. The molecule has 0 saturated heterocycles. The Labute approximate surface area is 189 Å². The quantitative estimate of drug-likeness (QED) is 0.241. The number of thioether (sulfide) groups is 1. The number of carbonyl (C=O) groups excluding carboxylic acids is 1. The van der Waals surface area contributed by atoms with Crippen molar-refractivity contribution >= 4 is 30.0 Å². The number of allylic oxidation sites excluding steroid dienone is 1. The molecule has 4 aromatic rings. The van der Waals surface area contributed by atoms with E-state index in [2.05, 4.69) is 20.7 Å². The van der Waals surface area contributed by atoms with Crippen LogP contribution >= 0.6 is 11.8 Å². The smallest absolute Gasteiger partial charge is 0.250 e. The summed E-state index contributed by atoms with van der Waals surface area (Å²) in [5, 5.41) is 13.3. The van der Waals surface area contributed by atoms with E-state index >= 15 is 0 Å². The van der Waals surface area contributed by atoms with Crippen LogP contribution in [0.3, 0.4) is 0 Å². The van der Waals surface area contributed by atoms with Gasteiger partial charge in [-0.2, -0.15) is 5.10 Å². The van der Waals surface area contributed by atoms with Crippen LogP contribution in [-0.2, 0) is 4.79 Å². The number of aryl methyl sites for hydroxylation is 1. The third-order valence-electron chi connectivity index (χ3n) is 4.44. The highest BCUT2D eigenvalue weighted by atomic mass is 32.2. The fourth-order valence-corrected chi connectivity index (χ4v) is 3.65. The molecule has 0 bridgehead atoms. The first-order valence-corrected chi connectivity index (χ1v) is 10.9. The Morgan fingerprint density at radius 1 is 1.09 bits per heavy atom. The fraction of sp³-hybridized carbons (Fsp3) is 0.0833. The number of benzene rings is 2. The molecular weight excluding hydrogens is 422 g/mol. The highest BCUT2D eigenvalue weighted by Crippen LogP contribution is 2.28. The second-order valence-corrected chi connectivity index (χ2v) is 7.76. The van der Waals surface area contributed by atoms with Crippen LogP contribution in [0, 0.1) is 6.92 Å². The summed E-state index contributed by atoms with van der Waals surface area (Å²) in [6.07, 6.45) is 6.52. The monoisotopic (exact) mass is 443 g/mol. The molecule has 1 N–H and O–H groups in total. The van der Waals surface area contributed by atoms with Crippen LogP contribution in [0.25, 0.3) is 23.2 Å². The van der Waals surface area contributed by atoms with E-state index in [1.807, 2.05) is 72.2 Å². The lowest BCUT2D eigenvalue weighted by atomic mass is 10.1. The van der Waals surface area contributed by atoms with Gasteiger partial charge in [-0.05, 0) is 43.3 Å². The molecule has 32 heavy (non-hydrogen) atoms. The standard InChI is InChI=1S/C24H21N5O2S/c1-18-11-13-19(14-12-18)23-27-28-24(29(23)20-7-3-2-4-8-20)32-17-22(30)26-25-15-5-9-21-10-6-16-31-21/h2-16H,17H2,1H3,(H,26,30). The van der Waals surface area contributed by atoms with E-state index in [1.54, 1.807) is 24.5 Å². The molecule has 0 fully saturated rings. The molecular formula is C24H21N5O2S. The highest BCUT2D eigenvalue weighted by Gasteiger charge is 2.17. The molecule has 0 aliphatic rings. The minimum atomic E-state index is -0.239. The van der Waals surface area contributed by atoms with Gasteiger partial charge in [-0.1, -0.05) is 59.8 Å². The van der Waals surface area contributed by atoms with Crippen LogP contribution in [-0.4, -0.2) is 32.6 Å². The molecule has 0 unspecified atom stereocenters. The van der Waals surface area contributed by atoms with Crippen molar-refractivity contribution in [3.05, 3.63) is 90.4 Å². The molecule has 8 heteroatoms. The Morgan fingerprint density at radius 3 is 2.66 bits per heavy atom. The number of hydrogen-bond acceptors (Lipinski definition) is 6. The molecule has 0 atom stereocenters. The van der Waals surface area contributed by atoms with Gasteiger partial charge in [0.05, 0.1) is 12.0 Å². The normalized spacial score (nSPS) is 11.4. The van der Waals surface area contributed by atoms with Crippen molar-refractivity contribution < 1.29 is 9.21 Å². The van der Waals surface area contributed by atoms with Crippen molar-refractivity contribution in [3.8, 4) is 17.1 Å². The molecule has 0 aliphatic carbocycles. The average molecular weight is 444 g/mol. The minimum Gasteiger partial charge on any atom is -0.465 e. The topological polar surface area (TPSA) is 85.3 Å². The van der Waals surface area contributed by atoms with Crippen molar-refractivity contribution in [3.63, 3.8) is 0 Å². The Hall–Kier alpha value is -3.91. The summed E-state index contributed by atoms with van der Waals surface area (Å²) in [5.41, 5.74) is 5.56. The third-order valence-corrected chi connectivity index (χ3v) is 5.37. The summed E-state index contributed by atoms with van der Waals surface area (Å²) in [6, 6.07) is 21.6. The van der Waals surface area contributed by atoms with E-state index in [0.717, 1.165) is 17.1 Å². The number of hydrogen-bond donors (Lipinski definition) is 1. The summed E-state index contributed by atoms with van der Waals surface area (Å²) in [5.74, 6) is 1.35. The summed E-state index contributed by atoms with van der Waals surface area (Å²) in [7, 11) is 0. The van der Waals surface area contributed by atoms with E-state index in [1.165, 1.54) is 23.5 Å². The molecule has 2 heterocycles. The fourth-order valence-electron chi connectivity index (χ4n) is 2.90. The van der Waals surface area contributed by atoms with Gasteiger partial charge < -0.3 is 4.42 Å². The SMILES string of the molecule is Cc1ccc(-c2nnc(SCC(=O)NN=CC=Cc3ccco3)n2-c2ccccc2)cc1. The van der Waals surface area contributed by atoms with Gasteiger partial charge in [0.15, 0.2) is 11.0 Å². The maximum Gasteiger partial charge on any atom is 0.250 e. The lowest BCUT2D eigenvalue weighted by molar-refractivity contribution is -0.118. The summed E-state index contributed by atoms with van der Waals surface area (Å²) >= 11 is 1.30. The lowest BCUT2D eigenvalue weighted by Gasteiger charge is -2.10. The summed E-state index contributed by atoms with van der Waals surface area (Å²) in [4.78, 5) is 12.2. The molecule has 0 spiro atoms. The maximum absolute atomic E-state index is 12.2. The van der Waals surface area contributed by atoms with Crippen LogP contribution in [0.5, 0.6) is 0 Å². The lowest BCUT2D eigenvalue weighted by Crippen LogP contribution is -2.19. The van der Waals surface area contributed by atoms with E-state index < -0.39 is 0 Å². The van der Waals surface area contributed by atoms with E-state index in [4.69, 9.17) is 4.42 Å². The van der Waals surface area contributed by atoms with Crippen molar-refractivity contribution in [2.45, 2.75) is 12.1 Å². The Bertz CT molecular complexity index is 1210. The number of hydrazone groups is 1. The maximum atomic E-state index is 12.2. The van der Waals surface area contributed by atoms with Crippen LogP contribution in [0.2, 0.25) is 0 Å². The van der Waals surface area contributed by atoms with E-state index in [0.29, 0.717) is 10.9 Å². The molecule has 2 aromatic heterocycles. The van der Waals surface area contributed by atoms with E-state index in [-0.39, 0.29) is 11.7 Å². The van der Waals surface area contributed by atoms with Crippen molar-refractivity contribution in [2.75, 3.05) is 5.75 Å².